The average molecular weight is 365 g/mol. The molecule has 2 aromatic rings. The lowest BCUT2D eigenvalue weighted by atomic mass is 9.93. The van der Waals surface area contributed by atoms with E-state index in [2.05, 4.69) is 5.32 Å². The zero-order valence-corrected chi connectivity index (χ0v) is 15.5. The van der Waals surface area contributed by atoms with Gasteiger partial charge < -0.3 is 14.6 Å². The molecule has 1 saturated heterocycles. The van der Waals surface area contributed by atoms with Crippen molar-refractivity contribution in [1.29, 1.82) is 0 Å². The van der Waals surface area contributed by atoms with Gasteiger partial charge in [0.25, 0.3) is 5.91 Å². The van der Waals surface area contributed by atoms with Crippen LogP contribution in [-0.2, 0) is 0 Å². The molecule has 136 valence electrons. The lowest BCUT2D eigenvalue weighted by molar-refractivity contribution is 0.0682. The van der Waals surface area contributed by atoms with Crippen molar-refractivity contribution in [3.8, 4) is 0 Å². The molecule has 1 amide bonds. The van der Waals surface area contributed by atoms with E-state index in [1.54, 1.807) is 11.0 Å². The molecule has 1 aromatic heterocycles. The summed E-state index contributed by atoms with van der Waals surface area (Å²) >= 11 is 0. The number of benzene rings is 1. The first-order chi connectivity index (χ1) is 11.6. The standard InChI is InChI=1S/C19H24N2O3.ClH/c1-13-15-5-3-4-6-16(15)24-19(23)17(13)18(22)21-11-8-14(9-12-21)7-10-20-2;/h3-6,14,20H,7-12H2,1-2H3;1H. The van der Waals surface area contributed by atoms with Crippen LogP contribution in [0.2, 0.25) is 0 Å². The van der Waals surface area contributed by atoms with Crippen molar-refractivity contribution < 1.29 is 9.21 Å². The maximum Gasteiger partial charge on any atom is 0.349 e. The smallest absolute Gasteiger partial charge is 0.349 e. The summed E-state index contributed by atoms with van der Waals surface area (Å²) in [6, 6.07) is 7.35. The first-order valence-corrected chi connectivity index (χ1v) is 8.58. The summed E-state index contributed by atoms with van der Waals surface area (Å²) in [6.07, 6.45) is 3.12. The molecule has 0 aliphatic carbocycles. The Bertz CT molecular complexity index is 795. The second kappa shape index (κ2) is 8.50. The van der Waals surface area contributed by atoms with E-state index in [9.17, 15) is 9.59 Å². The lowest BCUT2D eigenvalue weighted by Crippen LogP contribution is -2.41. The van der Waals surface area contributed by atoms with Crippen molar-refractivity contribution in [2.45, 2.75) is 26.2 Å². The number of aryl methyl sites for hydroxylation is 1. The molecule has 1 aliphatic heterocycles. The third-order valence-corrected chi connectivity index (χ3v) is 4.99. The maximum absolute atomic E-state index is 12.9. The third kappa shape index (κ3) is 4.05. The summed E-state index contributed by atoms with van der Waals surface area (Å²) in [5.41, 5.74) is 0.891. The first kappa shape index (κ1) is 19.5. The van der Waals surface area contributed by atoms with Crippen molar-refractivity contribution in [2.24, 2.45) is 5.92 Å². The molecule has 0 unspecified atom stereocenters. The number of halogens is 1. The van der Waals surface area contributed by atoms with Crippen LogP contribution in [0, 0.1) is 12.8 Å². The predicted octanol–water partition coefficient (Wildman–Crippen LogP) is 2.98. The van der Waals surface area contributed by atoms with E-state index in [1.807, 2.05) is 32.2 Å². The maximum atomic E-state index is 12.9. The van der Waals surface area contributed by atoms with Gasteiger partial charge in [0, 0.05) is 18.5 Å². The number of carbonyl (C=O) groups is 1. The summed E-state index contributed by atoms with van der Waals surface area (Å²) in [5.74, 6) is 0.453. The Labute approximate surface area is 153 Å². The minimum atomic E-state index is -0.534. The Balaban J connectivity index is 0.00000225. The van der Waals surface area contributed by atoms with Gasteiger partial charge in [-0.15, -0.1) is 12.4 Å². The fourth-order valence-corrected chi connectivity index (χ4v) is 3.48. The molecule has 0 saturated carbocycles. The Morgan fingerprint density at radius 2 is 1.96 bits per heavy atom. The number of piperidine rings is 1. The molecule has 6 heteroatoms. The lowest BCUT2D eigenvalue weighted by Gasteiger charge is -2.32. The number of para-hydroxylation sites is 1. The van der Waals surface area contributed by atoms with Gasteiger partial charge in [0.2, 0.25) is 0 Å². The minimum absolute atomic E-state index is 0. The van der Waals surface area contributed by atoms with Crippen LogP contribution in [0.5, 0.6) is 0 Å². The van der Waals surface area contributed by atoms with Crippen molar-refractivity contribution in [2.75, 3.05) is 26.7 Å². The van der Waals surface area contributed by atoms with Gasteiger partial charge >= 0.3 is 5.63 Å². The number of nitrogens with one attached hydrogen (secondary N) is 1. The van der Waals surface area contributed by atoms with Crippen LogP contribution in [0.25, 0.3) is 11.0 Å². The Morgan fingerprint density at radius 1 is 1.28 bits per heavy atom. The van der Waals surface area contributed by atoms with Crippen molar-refractivity contribution in [1.82, 2.24) is 10.2 Å². The number of likely N-dealkylation sites (tertiary alicyclic amines) is 1. The monoisotopic (exact) mass is 364 g/mol. The molecule has 5 nitrogen and oxygen atoms in total. The van der Waals surface area contributed by atoms with Gasteiger partial charge in [0.15, 0.2) is 0 Å². The van der Waals surface area contributed by atoms with Crippen molar-refractivity contribution in [3.05, 3.63) is 45.8 Å². The first-order valence-electron chi connectivity index (χ1n) is 8.58. The highest BCUT2D eigenvalue weighted by molar-refractivity contribution is 5.99. The van der Waals surface area contributed by atoms with Crippen LogP contribution in [0.15, 0.2) is 33.5 Å². The van der Waals surface area contributed by atoms with Crippen LogP contribution < -0.4 is 10.9 Å². The van der Waals surface area contributed by atoms with Gasteiger partial charge in [-0.25, -0.2) is 4.79 Å². The average Bonchev–Trinajstić information content (AvgIpc) is 2.60. The van der Waals surface area contributed by atoms with Crippen molar-refractivity contribution in [3.63, 3.8) is 0 Å². The summed E-state index contributed by atoms with van der Waals surface area (Å²) in [4.78, 5) is 27.0. The molecule has 0 atom stereocenters. The quantitative estimate of drug-likeness (QED) is 0.847. The fraction of sp³-hybridized carbons (Fsp3) is 0.474. The molecule has 1 fully saturated rings. The zero-order chi connectivity index (χ0) is 17.1. The molecular formula is C19H25ClN2O3. The van der Waals surface area contributed by atoms with E-state index < -0.39 is 5.63 Å². The van der Waals surface area contributed by atoms with Crippen LogP contribution in [-0.4, -0.2) is 37.5 Å². The highest BCUT2D eigenvalue weighted by Crippen LogP contribution is 2.24. The highest BCUT2D eigenvalue weighted by atomic mass is 35.5. The molecule has 2 heterocycles. The Morgan fingerprint density at radius 3 is 2.64 bits per heavy atom. The molecule has 0 radical (unpaired) electrons. The number of hydrogen-bond donors (Lipinski definition) is 1. The predicted molar refractivity (Wildman–Crippen MR) is 102 cm³/mol. The second-order valence-electron chi connectivity index (χ2n) is 6.51. The molecule has 1 N–H and O–H groups in total. The topological polar surface area (TPSA) is 62.6 Å². The summed E-state index contributed by atoms with van der Waals surface area (Å²) in [5, 5.41) is 4.00. The molecule has 1 aromatic carbocycles. The molecule has 25 heavy (non-hydrogen) atoms. The van der Waals surface area contributed by atoms with Gasteiger partial charge in [-0.05, 0) is 57.3 Å². The number of nitrogens with zero attached hydrogens (tertiary/aromatic N) is 1. The van der Waals surface area contributed by atoms with E-state index in [0.29, 0.717) is 30.2 Å². The van der Waals surface area contributed by atoms with E-state index in [-0.39, 0.29) is 23.9 Å². The van der Waals surface area contributed by atoms with E-state index in [4.69, 9.17) is 4.42 Å². The number of hydrogen-bond acceptors (Lipinski definition) is 4. The van der Waals surface area contributed by atoms with Crippen LogP contribution in [0.1, 0.15) is 35.2 Å². The zero-order valence-electron chi connectivity index (χ0n) is 14.7. The van der Waals surface area contributed by atoms with E-state index >= 15 is 0 Å². The fourth-order valence-electron chi connectivity index (χ4n) is 3.48. The number of amides is 1. The molecule has 3 rings (SSSR count). The Hall–Kier alpha value is -1.85. The van der Waals surface area contributed by atoms with Gasteiger partial charge in [-0.1, -0.05) is 18.2 Å². The van der Waals surface area contributed by atoms with Crippen LogP contribution in [0.4, 0.5) is 0 Å². The molecule has 0 bridgehead atoms. The third-order valence-electron chi connectivity index (χ3n) is 4.99. The van der Waals surface area contributed by atoms with E-state index in [0.717, 1.165) is 31.2 Å². The molecular weight excluding hydrogens is 340 g/mol. The normalized spacial score (nSPS) is 15.2. The van der Waals surface area contributed by atoms with Gasteiger partial charge in [-0.3, -0.25) is 4.79 Å². The molecule has 1 aliphatic rings. The summed E-state index contributed by atoms with van der Waals surface area (Å²) < 4.78 is 5.35. The molecule has 0 spiro atoms. The van der Waals surface area contributed by atoms with Crippen molar-refractivity contribution >= 4 is 29.3 Å². The number of carbonyl (C=O) groups excluding carboxylic acids is 1. The van der Waals surface area contributed by atoms with Crippen LogP contribution in [0.3, 0.4) is 0 Å². The minimum Gasteiger partial charge on any atom is -0.422 e. The van der Waals surface area contributed by atoms with E-state index in [1.165, 1.54) is 0 Å². The van der Waals surface area contributed by atoms with Gasteiger partial charge in [0.05, 0.1) is 0 Å². The van der Waals surface area contributed by atoms with Crippen LogP contribution >= 0.6 is 12.4 Å². The summed E-state index contributed by atoms with van der Waals surface area (Å²) in [7, 11) is 1.96. The largest absolute Gasteiger partial charge is 0.422 e. The number of fused-ring (bicyclic) bond motifs is 1. The SMILES string of the molecule is CNCCC1CCN(C(=O)c2c(C)c3ccccc3oc2=O)CC1.Cl. The highest BCUT2D eigenvalue weighted by Gasteiger charge is 2.27. The summed E-state index contributed by atoms with van der Waals surface area (Å²) in [6.45, 7) is 4.25. The van der Waals surface area contributed by atoms with Gasteiger partial charge in [0.1, 0.15) is 11.1 Å². The number of rotatable bonds is 4. The Kier molecular flexibility index (Phi) is 6.62. The van der Waals surface area contributed by atoms with Gasteiger partial charge in [-0.2, -0.15) is 0 Å². The second-order valence-corrected chi connectivity index (χ2v) is 6.51.